The first-order valence-electron chi connectivity index (χ1n) is 11.9. The SMILES string of the molecule is CC(C)(C)C(Cl)=C(C#N)C#N.Cn1nc(N)c(C#N)c1C(C)(C)C.Cn1nc(N)c(C#N)c1C(C)(C)C.[2H][B].[U]. The predicted molar refractivity (Wildman–Crippen MR) is 153 cm³/mol. The molecule has 0 bridgehead atoms. The molecule has 0 saturated heterocycles. The van der Waals surface area contributed by atoms with Gasteiger partial charge >= 0.3 is 0 Å². The molecule has 0 saturated carbocycles. The van der Waals surface area contributed by atoms with E-state index in [1.54, 1.807) is 35.6 Å². The molecule has 0 aliphatic heterocycles. The third-order valence-electron chi connectivity index (χ3n) is 4.89. The van der Waals surface area contributed by atoms with Gasteiger partial charge in [0.2, 0.25) is 0 Å². The van der Waals surface area contributed by atoms with E-state index in [4.69, 9.17) is 45.5 Å². The summed E-state index contributed by atoms with van der Waals surface area (Å²) < 4.78 is 8.60. The van der Waals surface area contributed by atoms with Crippen molar-refractivity contribution in [3.05, 3.63) is 33.1 Å². The molecule has 13 heteroatoms. The van der Waals surface area contributed by atoms with Crippen LogP contribution in [0.15, 0.2) is 10.6 Å². The molecule has 0 aliphatic rings. The topological polar surface area (TPSA) is 183 Å². The summed E-state index contributed by atoms with van der Waals surface area (Å²) in [6.45, 7) is 17.7. The van der Waals surface area contributed by atoms with Crippen molar-refractivity contribution in [2.24, 2.45) is 19.5 Å². The maximum Gasteiger partial charge on any atom is 0.163 e. The molecular formula is C26H38BClN10U. The van der Waals surface area contributed by atoms with E-state index in [9.17, 15) is 0 Å². The number of halogens is 1. The number of allylic oxidation sites excluding steroid dienone is 2. The van der Waals surface area contributed by atoms with Crippen LogP contribution in [0.5, 0.6) is 0 Å². The van der Waals surface area contributed by atoms with Gasteiger partial charge in [0.15, 0.2) is 11.6 Å². The van der Waals surface area contributed by atoms with Crippen molar-refractivity contribution in [3.8, 4) is 24.3 Å². The first-order chi connectivity index (χ1) is 17.7. The number of anilines is 2. The monoisotopic (exact) mass is 775 g/mol. The van der Waals surface area contributed by atoms with Gasteiger partial charge in [0.05, 0.1) is 16.4 Å². The van der Waals surface area contributed by atoms with Crippen molar-refractivity contribution in [2.45, 2.75) is 73.1 Å². The summed E-state index contributed by atoms with van der Waals surface area (Å²) in [5, 5.41) is 43.0. The third kappa shape index (κ3) is 11.0. The van der Waals surface area contributed by atoms with Gasteiger partial charge in [-0.25, -0.2) is 0 Å². The van der Waals surface area contributed by atoms with Gasteiger partial charge in [0.1, 0.15) is 41.0 Å². The second-order valence-electron chi connectivity index (χ2n) is 11.4. The van der Waals surface area contributed by atoms with E-state index in [1.807, 2.05) is 62.3 Å². The van der Waals surface area contributed by atoms with Crippen LogP contribution < -0.4 is 11.5 Å². The van der Waals surface area contributed by atoms with Crippen molar-refractivity contribution in [1.29, 1.82) is 22.4 Å². The zero-order chi connectivity index (χ0) is 31.5. The number of nitrogens with zero attached hydrogens (tertiary/aromatic N) is 8. The van der Waals surface area contributed by atoms with Crippen LogP contribution in [0.25, 0.3) is 0 Å². The van der Waals surface area contributed by atoms with Crippen LogP contribution in [0.4, 0.5) is 11.6 Å². The molecule has 2 rings (SSSR count). The van der Waals surface area contributed by atoms with E-state index in [2.05, 4.69) is 30.7 Å². The Morgan fingerprint density at radius 2 is 1.05 bits per heavy atom. The average Bonchev–Trinajstić information content (AvgIpc) is 3.28. The molecular weight excluding hydrogens is 737 g/mol. The Kier molecular flexibility index (Phi) is 15.4. The molecule has 2 aromatic heterocycles. The largest absolute Gasteiger partial charge is 0.381 e. The zero-order valence-electron chi connectivity index (χ0n) is 25.7. The minimum atomic E-state index is -0.317. The van der Waals surface area contributed by atoms with Crippen LogP contribution in [0.1, 0.15) is 84.8 Å². The summed E-state index contributed by atoms with van der Waals surface area (Å²) >= 11 is 5.76. The van der Waals surface area contributed by atoms with E-state index in [-0.39, 0.29) is 52.9 Å². The molecule has 0 amide bonds. The maximum absolute atomic E-state index is 8.89. The molecule has 2 aromatic rings. The second kappa shape index (κ2) is 15.7. The Balaban J connectivity index is -0.000000494. The fourth-order valence-corrected chi connectivity index (χ4v) is 3.61. The molecule has 0 fully saturated rings. The Labute approximate surface area is 264 Å². The number of aryl methyl sites for hydroxylation is 2. The van der Waals surface area contributed by atoms with Gasteiger partial charge in [-0.3, -0.25) is 9.36 Å². The van der Waals surface area contributed by atoms with Crippen molar-refractivity contribution in [3.63, 3.8) is 0 Å². The van der Waals surface area contributed by atoms with Gasteiger partial charge in [-0.05, 0) is 6.75 Å². The van der Waals surface area contributed by atoms with Gasteiger partial charge in [-0.1, -0.05) is 73.9 Å². The number of nitrogen functional groups attached to an aromatic ring is 2. The van der Waals surface area contributed by atoms with E-state index in [1.165, 1.54) is 0 Å². The van der Waals surface area contributed by atoms with Crippen LogP contribution in [0.2, 0.25) is 0 Å². The molecule has 2 radical (unpaired) electrons. The fraction of sp³-hybridized carbons (Fsp3) is 0.538. The second-order valence-corrected chi connectivity index (χ2v) is 11.7. The van der Waals surface area contributed by atoms with Crippen molar-refractivity contribution in [2.75, 3.05) is 11.5 Å². The van der Waals surface area contributed by atoms with Crippen molar-refractivity contribution < 1.29 is 31.1 Å². The van der Waals surface area contributed by atoms with Crippen molar-refractivity contribution >= 4 is 31.6 Å². The van der Waals surface area contributed by atoms with Gasteiger partial charge in [0.25, 0.3) is 0 Å². The van der Waals surface area contributed by atoms with Crippen LogP contribution in [-0.2, 0) is 24.9 Å². The molecule has 10 nitrogen and oxygen atoms in total. The first-order valence-corrected chi connectivity index (χ1v) is 11.7. The molecule has 2 heterocycles. The quantitative estimate of drug-likeness (QED) is 0.294. The summed E-state index contributed by atoms with van der Waals surface area (Å²) in [4.78, 5) is 0. The summed E-state index contributed by atoms with van der Waals surface area (Å²) in [6, 6.07) is 7.65. The molecule has 0 aromatic carbocycles. The number of hydrogen-bond donors (Lipinski definition) is 2. The van der Waals surface area contributed by atoms with Gasteiger partial charge in [-0.2, -0.15) is 31.2 Å². The zero-order valence-corrected chi connectivity index (χ0v) is 29.6. The van der Waals surface area contributed by atoms with E-state index < -0.39 is 0 Å². The minimum Gasteiger partial charge on any atom is -0.381 e. The van der Waals surface area contributed by atoms with Gasteiger partial charge < -0.3 is 11.5 Å². The summed E-state index contributed by atoms with van der Waals surface area (Å²) in [5.74, 6) is 0.629. The number of rotatable bonds is 0. The normalized spacial score (nSPS) is 10.4. The first kappa shape index (κ1) is 38.3. The predicted octanol–water partition coefficient (Wildman–Crippen LogP) is 4.27. The summed E-state index contributed by atoms with van der Waals surface area (Å²) in [7, 11) is 7.36. The van der Waals surface area contributed by atoms with E-state index in [0.29, 0.717) is 27.8 Å². The maximum atomic E-state index is 8.89. The average molecular weight is 776 g/mol. The Morgan fingerprint density at radius 1 is 0.769 bits per heavy atom. The number of hydrogen-bond acceptors (Lipinski definition) is 8. The van der Waals surface area contributed by atoms with E-state index >= 15 is 0 Å². The van der Waals surface area contributed by atoms with Crippen LogP contribution >= 0.6 is 11.6 Å². The summed E-state index contributed by atoms with van der Waals surface area (Å²) in [5.41, 5.74) is 13.4. The Morgan fingerprint density at radius 3 is 1.18 bits per heavy atom. The molecule has 0 spiro atoms. The molecule has 4 N–H and O–H groups in total. The number of nitrogens with two attached hydrogens (primary N) is 2. The number of nitriles is 4. The van der Waals surface area contributed by atoms with E-state index in [0.717, 1.165) is 11.4 Å². The molecule has 0 aliphatic carbocycles. The Bertz CT molecular complexity index is 1240. The minimum absolute atomic E-state index is 0. The molecule has 0 unspecified atom stereocenters. The molecule has 206 valence electrons. The van der Waals surface area contributed by atoms with Crippen molar-refractivity contribution in [1.82, 2.24) is 19.6 Å². The van der Waals surface area contributed by atoms with Crippen LogP contribution in [-0.4, -0.2) is 29.3 Å². The molecule has 39 heavy (non-hydrogen) atoms. The smallest absolute Gasteiger partial charge is 0.163 e. The fourth-order valence-electron chi connectivity index (χ4n) is 3.53. The van der Waals surface area contributed by atoms with Crippen LogP contribution in [0.3, 0.4) is 0 Å². The van der Waals surface area contributed by atoms with Gasteiger partial charge in [0, 0.05) is 64.4 Å². The third-order valence-corrected chi connectivity index (χ3v) is 5.65. The van der Waals surface area contributed by atoms with Crippen LogP contribution in [0, 0.1) is 81.9 Å². The molecule has 0 atom stereocenters. The Hall–Kier alpha value is -2.87. The number of aromatic nitrogens is 4. The standard InChI is InChI=1S/2C9H14N4.C8H9ClN2.BH.U/c2*1-9(2,3)7-6(5-10)8(11)12-13(7)4;1-8(2,3)7(9)6(4-10)5-11;;/h2*1-4H3,(H2,11,12);1-3H3;1H;/i;;;1D;. The summed E-state index contributed by atoms with van der Waals surface area (Å²) in [6.07, 6.45) is 0. The van der Waals surface area contributed by atoms with Gasteiger partial charge in [-0.15, -0.1) is 0 Å².